The lowest BCUT2D eigenvalue weighted by Crippen LogP contribution is -2.54. The number of rotatable bonds is 6. The second-order valence-corrected chi connectivity index (χ2v) is 4.86. The number of nitrogens with two attached hydrogens (primary N) is 1. The highest BCUT2D eigenvalue weighted by molar-refractivity contribution is 4.85. The summed E-state index contributed by atoms with van der Waals surface area (Å²) in [6, 6.07) is 0.724. The molecule has 0 aromatic carbocycles. The molecule has 0 saturated carbocycles. The van der Waals surface area contributed by atoms with E-state index < -0.39 is 0 Å². The van der Waals surface area contributed by atoms with Gasteiger partial charge in [-0.1, -0.05) is 33.6 Å². The summed E-state index contributed by atoms with van der Waals surface area (Å²) < 4.78 is 5.56. The van der Waals surface area contributed by atoms with Crippen molar-refractivity contribution >= 4 is 0 Å². The molecular formula is C13H28N2O. The van der Waals surface area contributed by atoms with Crippen LogP contribution in [0.15, 0.2) is 0 Å². The smallest absolute Gasteiger partial charge is 0.0636 e. The van der Waals surface area contributed by atoms with Crippen molar-refractivity contribution in [2.24, 2.45) is 11.7 Å². The van der Waals surface area contributed by atoms with Gasteiger partial charge in [0.1, 0.15) is 0 Å². The Kier molecular flexibility index (Phi) is 6.32. The van der Waals surface area contributed by atoms with Crippen molar-refractivity contribution in [3.05, 3.63) is 0 Å². The summed E-state index contributed by atoms with van der Waals surface area (Å²) in [6.45, 7) is 10.7. The Hall–Kier alpha value is -0.120. The molecule has 1 aliphatic heterocycles. The molecule has 2 atom stereocenters. The first-order chi connectivity index (χ1) is 7.72. The van der Waals surface area contributed by atoms with Crippen molar-refractivity contribution in [2.75, 3.05) is 26.3 Å². The molecule has 2 N–H and O–H groups in total. The van der Waals surface area contributed by atoms with Crippen LogP contribution in [0.4, 0.5) is 0 Å². The molecule has 0 aromatic heterocycles. The van der Waals surface area contributed by atoms with Crippen molar-refractivity contribution in [1.29, 1.82) is 0 Å². The number of likely N-dealkylation sites (N-methyl/N-ethyl adjacent to an activating group) is 1. The largest absolute Gasteiger partial charge is 0.380 e. The summed E-state index contributed by atoms with van der Waals surface area (Å²) in [5, 5.41) is 0. The fraction of sp³-hybridized carbons (Fsp3) is 1.00. The van der Waals surface area contributed by atoms with Gasteiger partial charge in [-0.15, -0.1) is 0 Å². The molecule has 1 aliphatic rings. The minimum Gasteiger partial charge on any atom is -0.380 e. The lowest BCUT2D eigenvalue weighted by Gasteiger charge is -2.39. The third-order valence-electron chi connectivity index (χ3n) is 3.90. The van der Waals surface area contributed by atoms with Crippen LogP contribution in [0.1, 0.15) is 40.0 Å². The molecule has 0 aromatic rings. The van der Waals surface area contributed by atoms with Crippen LogP contribution in [0.3, 0.4) is 0 Å². The maximum atomic E-state index is 6.19. The number of hydrogen-bond acceptors (Lipinski definition) is 3. The lowest BCUT2D eigenvalue weighted by molar-refractivity contribution is 0.00179. The fourth-order valence-electron chi connectivity index (χ4n) is 2.49. The van der Waals surface area contributed by atoms with Crippen LogP contribution in [0, 0.1) is 5.92 Å². The molecule has 0 aliphatic carbocycles. The highest BCUT2D eigenvalue weighted by Gasteiger charge is 2.28. The van der Waals surface area contributed by atoms with E-state index in [9.17, 15) is 0 Å². The zero-order valence-corrected chi connectivity index (χ0v) is 11.1. The van der Waals surface area contributed by atoms with Gasteiger partial charge in [-0.2, -0.15) is 0 Å². The van der Waals surface area contributed by atoms with Crippen LogP contribution >= 0.6 is 0 Å². The molecule has 3 heteroatoms. The molecule has 0 bridgehead atoms. The summed E-state index contributed by atoms with van der Waals surface area (Å²) in [7, 11) is 0. The third kappa shape index (κ3) is 3.72. The average molecular weight is 228 g/mol. The molecule has 0 amide bonds. The summed E-state index contributed by atoms with van der Waals surface area (Å²) in [6.07, 6.45) is 3.52. The Labute approximate surface area is 100 Å². The van der Waals surface area contributed by atoms with Gasteiger partial charge in [-0.25, -0.2) is 0 Å². The molecular weight excluding hydrogens is 200 g/mol. The fourth-order valence-corrected chi connectivity index (χ4v) is 2.49. The van der Waals surface area contributed by atoms with Crippen LogP contribution in [-0.2, 0) is 4.74 Å². The molecule has 2 unspecified atom stereocenters. The van der Waals surface area contributed by atoms with Crippen LogP contribution in [0.5, 0.6) is 0 Å². The summed E-state index contributed by atoms with van der Waals surface area (Å²) in [5.74, 6) is 0.800. The maximum Gasteiger partial charge on any atom is 0.0636 e. The van der Waals surface area contributed by atoms with Crippen molar-refractivity contribution in [3.8, 4) is 0 Å². The zero-order chi connectivity index (χ0) is 12.0. The Bertz CT molecular complexity index is 183. The number of nitrogens with zero attached hydrogens (tertiary/aromatic N) is 1. The summed E-state index contributed by atoms with van der Waals surface area (Å²) in [5.41, 5.74) is 6.19. The molecule has 1 fully saturated rings. The van der Waals surface area contributed by atoms with Crippen LogP contribution in [-0.4, -0.2) is 43.3 Å². The van der Waals surface area contributed by atoms with E-state index in [2.05, 4.69) is 25.7 Å². The number of hydrogen-bond donors (Lipinski definition) is 1. The predicted octanol–water partition coefficient (Wildman–Crippen LogP) is 1.86. The molecule has 0 radical (unpaired) electrons. The van der Waals surface area contributed by atoms with E-state index in [1.54, 1.807) is 0 Å². The first-order valence-electron chi connectivity index (χ1n) is 6.80. The monoisotopic (exact) mass is 228 g/mol. The van der Waals surface area contributed by atoms with Crippen LogP contribution < -0.4 is 5.73 Å². The predicted molar refractivity (Wildman–Crippen MR) is 68.5 cm³/mol. The van der Waals surface area contributed by atoms with E-state index in [0.717, 1.165) is 32.1 Å². The lowest BCUT2D eigenvalue weighted by atomic mass is 9.98. The molecule has 96 valence electrons. The van der Waals surface area contributed by atoms with Crippen molar-refractivity contribution < 1.29 is 4.74 Å². The first-order valence-corrected chi connectivity index (χ1v) is 6.80. The van der Waals surface area contributed by atoms with Gasteiger partial charge in [0, 0.05) is 25.2 Å². The van der Waals surface area contributed by atoms with Gasteiger partial charge in [0.15, 0.2) is 0 Å². The molecule has 1 rings (SSSR count). The number of ether oxygens (including phenoxy) is 1. The Morgan fingerprint density at radius 1 is 1.31 bits per heavy atom. The summed E-state index contributed by atoms with van der Waals surface area (Å²) in [4.78, 5) is 2.52. The van der Waals surface area contributed by atoms with Gasteiger partial charge in [0.05, 0.1) is 6.61 Å². The second kappa shape index (κ2) is 7.25. The quantitative estimate of drug-likeness (QED) is 0.754. The minimum absolute atomic E-state index is 0.295. The second-order valence-electron chi connectivity index (χ2n) is 4.86. The van der Waals surface area contributed by atoms with E-state index in [0.29, 0.717) is 12.1 Å². The molecule has 3 nitrogen and oxygen atoms in total. The van der Waals surface area contributed by atoms with E-state index in [1.165, 1.54) is 19.4 Å². The van der Waals surface area contributed by atoms with Gasteiger partial charge >= 0.3 is 0 Å². The molecule has 0 spiro atoms. The van der Waals surface area contributed by atoms with E-state index in [1.807, 2.05) is 0 Å². The third-order valence-corrected chi connectivity index (χ3v) is 3.90. The molecule has 16 heavy (non-hydrogen) atoms. The minimum atomic E-state index is 0.295. The van der Waals surface area contributed by atoms with Crippen molar-refractivity contribution in [2.45, 2.75) is 52.1 Å². The topological polar surface area (TPSA) is 38.5 Å². The van der Waals surface area contributed by atoms with E-state index in [4.69, 9.17) is 10.5 Å². The first kappa shape index (κ1) is 13.9. The van der Waals surface area contributed by atoms with Crippen LogP contribution in [0.2, 0.25) is 0 Å². The SMILES string of the molecule is CCC(CC)CN(CC)C1COCCC1N. The van der Waals surface area contributed by atoms with E-state index >= 15 is 0 Å². The van der Waals surface area contributed by atoms with Gasteiger partial charge in [-0.05, 0) is 18.9 Å². The zero-order valence-electron chi connectivity index (χ0n) is 11.1. The van der Waals surface area contributed by atoms with Crippen molar-refractivity contribution in [1.82, 2.24) is 4.90 Å². The highest BCUT2D eigenvalue weighted by atomic mass is 16.5. The van der Waals surface area contributed by atoms with Gasteiger partial charge < -0.3 is 10.5 Å². The van der Waals surface area contributed by atoms with Gasteiger partial charge in [0.2, 0.25) is 0 Å². The average Bonchev–Trinajstić information content (AvgIpc) is 2.32. The molecule has 1 saturated heterocycles. The highest BCUT2D eigenvalue weighted by Crippen LogP contribution is 2.17. The van der Waals surface area contributed by atoms with Crippen molar-refractivity contribution in [3.63, 3.8) is 0 Å². The Morgan fingerprint density at radius 2 is 2.00 bits per heavy atom. The Balaban J connectivity index is 2.51. The standard InChI is InChI=1S/C13H28N2O/c1-4-11(5-2)9-15(6-3)13-10-16-8-7-12(13)14/h11-13H,4-10,14H2,1-3H3. The summed E-state index contributed by atoms with van der Waals surface area (Å²) >= 11 is 0. The van der Waals surface area contributed by atoms with Gasteiger partial charge in [0.25, 0.3) is 0 Å². The normalized spacial score (nSPS) is 26.6. The molecule has 1 heterocycles. The maximum absolute atomic E-state index is 6.19. The van der Waals surface area contributed by atoms with Crippen LogP contribution in [0.25, 0.3) is 0 Å². The Morgan fingerprint density at radius 3 is 2.50 bits per heavy atom. The van der Waals surface area contributed by atoms with Gasteiger partial charge in [-0.3, -0.25) is 4.90 Å². The van der Waals surface area contributed by atoms with E-state index in [-0.39, 0.29) is 0 Å².